The molecule has 0 saturated carbocycles. The summed E-state index contributed by atoms with van der Waals surface area (Å²) >= 11 is 5.82. The zero-order valence-electron chi connectivity index (χ0n) is 16.1. The van der Waals surface area contributed by atoms with E-state index in [-0.39, 0.29) is 0 Å². The third kappa shape index (κ3) is 4.43. The topological polar surface area (TPSA) is 96.3 Å². The Hall–Kier alpha value is -2.88. The second-order valence-electron chi connectivity index (χ2n) is 6.98. The van der Waals surface area contributed by atoms with E-state index in [9.17, 15) is 13.2 Å². The molecule has 162 valence electrons. The van der Waals surface area contributed by atoms with Gasteiger partial charge in [-0.05, 0) is 35.9 Å². The molecule has 2 aromatic carbocycles. The van der Waals surface area contributed by atoms with Crippen LogP contribution in [0.4, 0.5) is 13.2 Å². The zero-order chi connectivity index (χ0) is 22.2. The average molecular weight is 451 g/mol. The van der Waals surface area contributed by atoms with Crippen LogP contribution in [0.3, 0.4) is 0 Å². The summed E-state index contributed by atoms with van der Waals surface area (Å²) in [6, 6.07) is 9.04. The second-order valence-corrected chi connectivity index (χ2v) is 7.38. The molecule has 0 saturated heterocycles. The molecule has 0 fully saturated rings. The minimum absolute atomic E-state index is 0.380. The summed E-state index contributed by atoms with van der Waals surface area (Å²) in [6.07, 6.45) is -3.25. The summed E-state index contributed by atoms with van der Waals surface area (Å²) in [7, 11) is 0. The van der Waals surface area contributed by atoms with Crippen molar-refractivity contribution < 1.29 is 22.6 Å². The molecule has 6 nitrogen and oxygen atoms in total. The van der Waals surface area contributed by atoms with Crippen molar-refractivity contribution in [1.29, 1.82) is 0 Å². The third-order valence-electron chi connectivity index (χ3n) is 4.94. The lowest BCUT2D eigenvalue weighted by atomic mass is 9.96. The van der Waals surface area contributed by atoms with E-state index < -0.39 is 28.8 Å². The average Bonchev–Trinajstić information content (AvgIpc) is 2.77. The first-order chi connectivity index (χ1) is 14.7. The van der Waals surface area contributed by atoms with Gasteiger partial charge < -0.3 is 20.9 Å². The van der Waals surface area contributed by atoms with Gasteiger partial charge in [-0.15, -0.1) is 0 Å². The molecule has 10 heteroatoms. The molecule has 2 heterocycles. The van der Waals surface area contributed by atoms with E-state index in [1.165, 1.54) is 18.5 Å². The van der Waals surface area contributed by atoms with Crippen LogP contribution >= 0.6 is 11.6 Å². The van der Waals surface area contributed by atoms with Gasteiger partial charge in [-0.1, -0.05) is 23.7 Å². The van der Waals surface area contributed by atoms with Gasteiger partial charge in [0.25, 0.3) is 0 Å². The SMILES string of the molecule is NC(c1ccc2c(c1)OCCO2)C(N)c1cc(-c2ccc(C(F)(F)F)c(Cl)c2)ncn1. The van der Waals surface area contributed by atoms with Crippen molar-refractivity contribution >= 4 is 11.6 Å². The van der Waals surface area contributed by atoms with E-state index in [4.69, 9.17) is 32.5 Å². The number of hydrogen-bond acceptors (Lipinski definition) is 6. The fraction of sp³-hybridized carbons (Fsp3) is 0.238. The molecule has 4 N–H and O–H groups in total. The summed E-state index contributed by atoms with van der Waals surface area (Å²) < 4.78 is 49.9. The summed E-state index contributed by atoms with van der Waals surface area (Å²) in [5.41, 5.74) is 13.7. The molecular formula is C21H18ClF3N4O2. The normalized spacial score (nSPS) is 15.4. The lowest BCUT2D eigenvalue weighted by Gasteiger charge is -2.23. The summed E-state index contributed by atoms with van der Waals surface area (Å²) in [6.45, 7) is 0.929. The van der Waals surface area contributed by atoms with Gasteiger partial charge in [-0.3, -0.25) is 0 Å². The number of ether oxygens (including phenoxy) is 2. The van der Waals surface area contributed by atoms with Gasteiger partial charge in [0.15, 0.2) is 11.5 Å². The van der Waals surface area contributed by atoms with E-state index >= 15 is 0 Å². The first-order valence-corrected chi connectivity index (χ1v) is 9.71. The highest BCUT2D eigenvalue weighted by molar-refractivity contribution is 6.31. The quantitative estimate of drug-likeness (QED) is 0.615. The number of rotatable bonds is 4. The van der Waals surface area contributed by atoms with Crippen LogP contribution in [0.2, 0.25) is 5.02 Å². The fourth-order valence-corrected chi connectivity index (χ4v) is 3.56. The number of hydrogen-bond donors (Lipinski definition) is 2. The molecule has 2 atom stereocenters. The molecule has 0 spiro atoms. The van der Waals surface area contributed by atoms with Crippen molar-refractivity contribution in [3.63, 3.8) is 0 Å². The largest absolute Gasteiger partial charge is 0.486 e. The van der Waals surface area contributed by atoms with Crippen LogP contribution in [0.5, 0.6) is 11.5 Å². The smallest absolute Gasteiger partial charge is 0.417 e. The van der Waals surface area contributed by atoms with E-state index in [0.717, 1.165) is 11.6 Å². The molecule has 0 bridgehead atoms. The highest BCUT2D eigenvalue weighted by Crippen LogP contribution is 2.37. The van der Waals surface area contributed by atoms with Crippen molar-refractivity contribution in [3.05, 3.63) is 70.6 Å². The molecule has 0 amide bonds. The standard InChI is InChI=1S/C21H18ClF3N4O2/c22-14-7-11(1-3-13(14)21(23,24)25)15-9-16(29-10-28-15)20(27)19(26)12-2-4-17-18(8-12)31-6-5-30-17/h1-4,7-10,19-20H,5-6,26-27H2. The third-order valence-corrected chi connectivity index (χ3v) is 5.25. The minimum Gasteiger partial charge on any atom is -0.486 e. The predicted octanol–water partition coefficient (Wildman–Crippen LogP) is 4.29. The van der Waals surface area contributed by atoms with Gasteiger partial charge in [0.1, 0.15) is 19.5 Å². The van der Waals surface area contributed by atoms with Crippen LogP contribution in [-0.2, 0) is 6.18 Å². The predicted molar refractivity (Wildman–Crippen MR) is 109 cm³/mol. The van der Waals surface area contributed by atoms with Crippen LogP contribution in [-0.4, -0.2) is 23.2 Å². The van der Waals surface area contributed by atoms with Gasteiger partial charge in [0, 0.05) is 5.56 Å². The van der Waals surface area contributed by atoms with Crippen molar-refractivity contribution in [2.45, 2.75) is 18.3 Å². The van der Waals surface area contributed by atoms with E-state index in [1.54, 1.807) is 24.3 Å². The Balaban J connectivity index is 1.60. The number of halogens is 4. The Morgan fingerprint density at radius 2 is 1.65 bits per heavy atom. The van der Waals surface area contributed by atoms with Gasteiger partial charge in [-0.25, -0.2) is 9.97 Å². The Bertz CT molecular complexity index is 1110. The monoisotopic (exact) mass is 450 g/mol. The minimum atomic E-state index is -4.54. The van der Waals surface area contributed by atoms with Crippen molar-refractivity contribution in [2.75, 3.05) is 13.2 Å². The van der Waals surface area contributed by atoms with Gasteiger partial charge in [0.2, 0.25) is 0 Å². The molecule has 1 aliphatic heterocycles. The van der Waals surface area contributed by atoms with E-state index in [2.05, 4.69) is 9.97 Å². The molecule has 4 rings (SSSR count). The molecule has 31 heavy (non-hydrogen) atoms. The molecular weight excluding hydrogens is 433 g/mol. The summed E-state index contributed by atoms with van der Waals surface area (Å²) in [5, 5.41) is -0.414. The lowest BCUT2D eigenvalue weighted by Crippen LogP contribution is -2.27. The number of nitrogens with zero attached hydrogens (tertiary/aromatic N) is 2. The van der Waals surface area contributed by atoms with Crippen LogP contribution < -0.4 is 20.9 Å². The lowest BCUT2D eigenvalue weighted by molar-refractivity contribution is -0.137. The highest BCUT2D eigenvalue weighted by atomic mass is 35.5. The van der Waals surface area contributed by atoms with Crippen molar-refractivity contribution in [3.8, 4) is 22.8 Å². The van der Waals surface area contributed by atoms with Gasteiger partial charge >= 0.3 is 6.18 Å². The fourth-order valence-electron chi connectivity index (χ4n) is 3.28. The maximum atomic E-state index is 13.0. The first kappa shape index (κ1) is 21.4. The number of alkyl halides is 3. The molecule has 1 aliphatic rings. The molecule has 3 aromatic rings. The maximum Gasteiger partial charge on any atom is 0.417 e. The summed E-state index contributed by atoms with van der Waals surface area (Å²) in [4.78, 5) is 8.32. The number of aromatic nitrogens is 2. The Morgan fingerprint density at radius 1 is 0.903 bits per heavy atom. The van der Waals surface area contributed by atoms with Crippen LogP contribution in [0.15, 0.2) is 48.8 Å². The zero-order valence-corrected chi connectivity index (χ0v) is 16.8. The maximum absolute atomic E-state index is 13.0. The van der Waals surface area contributed by atoms with Crippen molar-refractivity contribution in [1.82, 2.24) is 9.97 Å². The van der Waals surface area contributed by atoms with Crippen molar-refractivity contribution in [2.24, 2.45) is 11.5 Å². The van der Waals surface area contributed by atoms with E-state index in [0.29, 0.717) is 41.7 Å². The van der Waals surface area contributed by atoms with Crippen LogP contribution in [0, 0.1) is 0 Å². The first-order valence-electron chi connectivity index (χ1n) is 9.34. The van der Waals surface area contributed by atoms with Crippen LogP contribution in [0.1, 0.15) is 28.9 Å². The molecule has 2 unspecified atom stereocenters. The number of fused-ring (bicyclic) bond motifs is 1. The Morgan fingerprint density at radius 3 is 2.35 bits per heavy atom. The molecule has 0 radical (unpaired) electrons. The second kappa shape index (κ2) is 8.33. The van der Waals surface area contributed by atoms with Crippen LogP contribution in [0.25, 0.3) is 11.3 Å². The molecule has 1 aromatic heterocycles. The Kier molecular flexibility index (Phi) is 5.74. The number of nitrogens with two attached hydrogens (primary N) is 2. The Labute approximate surface area is 181 Å². The van der Waals surface area contributed by atoms with E-state index in [1.807, 2.05) is 0 Å². The summed E-state index contributed by atoms with van der Waals surface area (Å²) in [5.74, 6) is 1.23. The highest BCUT2D eigenvalue weighted by Gasteiger charge is 2.33. The van der Waals surface area contributed by atoms with Gasteiger partial charge in [0.05, 0.1) is 34.1 Å². The van der Waals surface area contributed by atoms with Gasteiger partial charge in [-0.2, -0.15) is 13.2 Å². The molecule has 0 aliphatic carbocycles. The number of benzene rings is 2.